The third-order valence-electron chi connectivity index (χ3n) is 6.00. The van der Waals surface area contributed by atoms with Crippen LogP contribution >= 0.6 is 7.82 Å². The van der Waals surface area contributed by atoms with Crippen molar-refractivity contribution in [2.24, 2.45) is 0 Å². The summed E-state index contributed by atoms with van der Waals surface area (Å²) in [5, 5.41) is 6.37. The number of nitrogens with one attached hydrogen (secondary N) is 2. The number of halogens is 6. The van der Waals surface area contributed by atoms with Gasteiger partial charge in [0.25, 0.3) is 0 Å². The van der Waals surface area contributed by atoms with Crippen molar-refractivity contribution in [2.45, 2.75) is 37.6 Å². The van der Waals surface area contributed by atoms with Crippen LogP contribution in [0.1, 0.15) is 34.1 Å². The number of phosphoric acid groups is 1. The molecule has 228 valence electrons. The summed E-state index contributed by atoms with van der Waals surface area (Å²) in [6.45, 7) is -1.46. The van der Waals surface area contributed by atoms with Crippen LogP contribution in [0.5, 0.6) is 0 Å². The molecule has 0 bridgehead atoms. The Morgan fingerprint density at radius 1 is 1.00 bits per heavy atom. The third kappa shape index (κ3) is 7.98. The molecule has 0 saturated carbocycles. The first-order valence-electron chi connectivity index (χ1n) is 11.9. The van der Waals surface area contributed by atoms with E-state index in [0.29, 0.717) is 17.7 Å². The smallest absolute Gasteiger partial charge is 0.375 e. The number of alkyl halides is 6. The van der Waals surface area contributed by atoms with E-state index in [-0.39, 0.29) is 42.0 Å². The number of H-pyrrole nitrogens is 1. The SMILES string of the molecule is O=C1CN(Cc2nn(OP(=O)(O)O)c(=O)[nH]2)C(c2ccccc2)C(COCc2cc(C(F)(F)F)cc(C(F)(F)F)c2)N1. The van der Waals surface area contributed by atoms with Gasteiger partial charge in [-0.15, -0.1) is 5.10 Å². The van der Waals surface area contributed by atoms with E-state index in [1.54, 1.807) is 30.3 Å². The Kier molecular flexibility index (Phi) is 8.84. The molecule has 19 heteroatoms. The van der Waals surface area contributed by atoms with Crippen LogP contribution in [0.25, 0.3) is 0 Å². The molecule has 1 aromatic heterocycles. The number of carbonyl (C=O) groups is 1. The van der Waals surface area contributed by atoms with E-state index < -0.39 is 61.6 Å². The number of piperazine rings is 1. The second-order valence-electron chi connectivity index (χ2n) is 9.19. The second kappa shape index (κ2) is 11.9. The molecule has 3 aromatic rings. The third-order valence-corrected chi connectivity index (χ3v) is 6.36. The number of carbonyl (C=O) groups excluding carboxylic acids is 1. The molecule has 1 saturated heterocycles. The molecule has 2 aromatic carbocycles. The van der Waals surface area contributed by atoms with Gasteiger partial charge in [0, 0.05) is 0 Å². The first-order valence-corrected chi connectivity index (χ1v) is 13.4. The van der Waals surface area contributed by atoms with Crippen LogP contribution in [0.4, 0.5) is 26.3 Å². The molecule has 0 aliphatic carbocycles. The van der Waals surface area contributed by atoms with Gasteiger partial charge in [0.2, 0.25) is 5.91 Å². The highest BCUT2D eigenvalue weighted by Crippen LogP contribution is 2.37. The Bertz CT molecular complexity index is 1490. The minimum atomic E-state index is -5.13. The fourth-order valence-corrected chi connectivity index (χ4v) is 4.74. The van der Waals surface area contributed by atoms with E-state index in [4.69, 9.17) is 14.5 Å². The lowest BCUT2D eigenvalue weighted by Crippen LogP contribution is -2.57. The van der Waals surface area contributed by atoms with E-state index in [0.717, 1.165) is 0 Å². The van der Waals surface area contributed by atoms with Crippen molar-refractivity contribution >= 4 is 13.7 Å². The summed E-state index contributed by atoms with van der Waals surface area (Å²) in [5.41, 5.74) is -3.86. The number of rotatable bonds is 9. The molecule has 2 unspecified atom stereocenters. The molecule has 1 aliphatic rings. The van der Waals surface area contributed by atoms with Crippen LogP contribution in [0.3, 0.4) is 0 Å². The lowest BCUT2D eigenvalue weighted by Gasteiger charge is -2.41. The van der Waals surface area contributed by atoms with Crippen LogP contribution in [0.2, 0.25) is 0 Å². The molecule has 1 aliphatic heterocycles. The van der Waals surface area contributed by atoms with Gasteiger partial charge in [0.1, 0.15) is 5.82 Å². The minimum Gasteiger partial charge on any atom is -0.375 e. The molecular weight excluding hydrogens is 603 g/mol. The summed E-state index contributed by atoms with van der Waals surface area (Å²) < 4.78 is 100. The van der Waals surface area contributed by atoms with Crippen molar-refractivity contribution < 1.29 is 54.9 Å². The largest absolute Gasteiger partial charge is 0.545 e. The number of hydrogen-bond acceptors (Lipinski definition) is 7. The minimum absolute atomic E-state index is 0.00472. The molecular formula is C23H22F6N5O7P. The van der Waals surface area contributed by atoms with Crippen LogP contribution in [0.15, 0.2) is 53.3 Å². The van der Waals surface area contributed by atoms with Gasteiger partial charge in [-0.3, -0.25) is 29.1 Å². The average Bonchev–Trinajstić information content (AvgIpc) is 3.19. The summed E-state index contributed by atoms with van der Waals surface area (Å²) in [4.78, 5) is 46.3. The molecule has 12 nitrogen and oxygen atoms in total. The van der Waals surface area contributed by atoms with E-state index in [2.05, 4.69) is 20.0 Å². The van der Waals surface area contributed by atoms with Crippen LogP contribution in [-0.4, -0.2) is 54.7 Å². The first-order chi connectivity index (χ1) is 19.5. The predicted molar refractivity (Wildman–Crippen MR) is 129 cm³/mol. The van der Waals surface area contributed by atoms with E-state index in [9.17, 15) is 40.5 Å². The zero-order chi connectivity index (χ0) is 30.9. The summed E-state index contributed by atoms with van der Waals surface area (Å²) in [7, 11) is -5.13. The van der Waals surface area contributed by atoms with Gasteiger partial charge in [-0.25, -0.2) is 9.36 Å². The number of nitrogens with zero attached hydrogens (tertiary/aromatic N) is 3. The average molecular weight is 625 g/mol. The molecule has 2 heterocycles. The van der Waals surface area contributed by atoms with Crippen LogP contribution in [-0.2, 0) is 39.6 Å². The van der Waals surface area contributed by atoms with Crippen LogP contribution < -0.4 is 15.6 Å². The highest BCUT2D eigenvalue weighted by Gasteiger charge is 2.38. The summed E-state index contributed by atoms with van der Waals surface area (Å²) in [5.74, 6) is -0.658. The van der Waals surface area contributed by atoms with Crippen molar-refractivity contribution in [3.8, 4) is 0 Å². The van der Waals surface area contributed by atoms with E-state index in [1.807, 2.05) is 0 Å². The predicted octanol–water partition coefficient (Wildman–Crippen LogP) is 2.39. The van der Waals surface area contributed by atoms with Gasteiger partial charge in [-0.05, 0) is 34.2 Å². The van der Waals surface area contributed by atoms with Crippen molar-refractivity contribution in [2.75, 3.05) is 13.2 Å². The van der Waals surface area contributed by atoms with Crippen LogP contribution in [0, 0.1) is 0 Å². The van der Waals surface area contributed by atoms with Crippen molar-refractivity contribution in [3.63, 3.8) is 0 Å². The number of ether oxygens (including phenoxy) is 1. The van der Waals surface area contributed by atoms with Gasteiger partial charge in [0.15, 0.2) is 0 Å². The van der Waals surface area contributed by atoms with Gasteiger partial charge in [-0.1, -0.05) is 30.3 Å². The standard InChI is InChI=1S/C23H22F6N5O7P/c24-22(25,26)15-6-13(7-16(8-15)23(27,28)29)11-40-12-17-20(14-4-2-1-3-5-14)33(10-19(35)30-17)9-18-31-21(36)34(32-18)41-42(37,38)39/h1-8,17,20H,9-12H2,(H,30,35)(H,31,32,36)(H2,37,38,39). The Morgan fingerprint density at radius 2 is 1.62 bits per heavy atom. The van der Waals surface area contributed by atoms with Gasteiger partial charge in [-0.2, -0.15) is 26.3 Å². The monoisotopic (exact) mass is 625 g/mol. The van der Waals surface area contributed by atoms with E-state index in [1.165, 1.54) is 4.90 Å². The number of aromatic nitrogens is 3. The fourth-order valence-electron chi connectivity index (χ4n) is 4.43. The normalized spacial score (nSPS) is 18.6. The lowest BCUT2D eigenvalue weighted by atomic mass is 9.95. The number of amides is 1. The Morgan fingerprint density at radius 3 is 2.19 bits per heavy atom. The van der Waals surface area contributed by atoms with Gasteiger partial charge in [0.05, 0.1) is 49.5 Å². The summed E-state index contributed by atoms with van der Waals surface area (Å²) >= 11 is 0. The number of hydrogen-bond donors (Lipinski definition) is 4. The summed E-state index contributed by atoms with van der Waals surface area (Å²) in [6, 6.07) is 8.00. The molecule has 0 radical (unpaired) electrons. The van der Waals surface area contributed by atoms with Gasteiger partial charge >= 0.3 is 25.9 Å². The lowest BCUT2D eigenvalue weighted by molar-refractivity contribution is -0.143. The molecule has 4 rings (SSSR count). The molecule has 42 heavy (non-hydrogen) atoms. The Hall–Kier alpha value is -3.70. The van der Waals surface area contributed by atoms with Gasteiger partial charge < -0.3 is 10.1 Å². The highest BCUT2D eigenvalue weighted by molar-refractivity contribution is 7.46. The Balaban J connectivity index is 1.57. The summed E-state index contributed by atoms with van der Waals surface area (Å²) in [6.07, 6.45) is -10.1. The zero-order valence-electron chi connectivity index (χ0n) is 21.1. The quantitative estimate of drug-likeness (QED) is 0.207. The highest BCUT2D eigenvalue weighted by atomic mass is 31.2. The maximum absolute atomic E-state index is 13.2. The zero-order valence-corrected chi connectivity index (χ0v) is 22.0. The molecule has 1 fully saturated rings. The maximum atomic E-state index is 13.2. The maximum Gasteiger partial charge on any atom is 0.545 e. The van der Waals surface area contributed by atoms with Crippen molar-refractivity contribution in [1.29, 1.82) is 0 Å². The fraction of sp³-hybridized carbons (Fsp3) is 0.348. The van der Waals surface area contributed by atoms with Crippen molar-refractivity contribution in [3.05, 3.63) is 87.1 Å². The Labute approximate surface area is 232 Å². The topological polar surface area (TPSA) is 159 Å². The number of aromatic amines is 1. The second-order valence-corrected chi connectivity index (χ2v) is 10.3. The number of benzene rings is 2. The van der Waals surface area contributed by atoms with Crippen molar-refractivity contribution in [1.82, 2.24) is 25.1 Å². The molecule has 0 spiro atoms. The molecule has 4 N–H and O–H groups in total. The van der Waals surface area contributed by atoms with E-state index >= 15 is 0 Å². The molecule has 1 amide bonds. The molecule has 2 atom stereocenters. The first kappa shape index (κ1) is 31.2.